The molecule has 0 bridgehead atoms. The Hall–Kier alpha value is -0.130. The molecule has 1 aliphatic heterocycles. The van der Waals surface area contributed by atoms with Crippen molar-refractivity contribution in [3.05, 3.63) is 0 Å². The Morgan fingerprint density at radius 1 is 1.42 bits per heavy atom. The summed E-state index contributed by atoms with van der Waals surface area (Å²) in [4.78, 5) is 2.56. The minimum absolute atomic E-state index is 0.291. The van der Waals surface area contributed by atoms with Gasteiger partial charge in [-0.1, -0.05) is 6.92 Å². The van der Waals surface area contributed by atoms with E-state index in [0.29, 0.717) is 24.1 Å². The van der Waals surface area contributed by atoms with E-state index in [9.17, 15) is 8.42 Å². The number of nitrogens with zero attached hydrogens (tertiary/aromatic N) is 1. The highest BCUT2D eigenvalue weighted by atomic mass is 32.2. The van der Waals surface area contributed by atoms with Crippen LogP contribution in [0.2, 0.25) is 0 Å². The van der Waals surface area contributed by atoms with Crippen LogP contribution in [0.4, 0.5) is 0 Å². The molecule has 0 saturated carbocycles. The summed E-state index contributed by atoms with van der Waals surface area (Å²) in [6.45, 7) is 8.91. The number of nitrogens with one attached hydrogen (secondary N) is 1. The van der Waals surface area contributed by atoms with Crippen molar-refractivity contribution in [1.82, 2.24) is 10.2 Å². The maximum Gasteiger partial charge on any atom is 0.147 e. The minimum Gasteiger partial charge on any atom is -0.314 e. The summed E-state index contributed by atoms with van der Waals surface area (Å²) in [5.41, 5.74) is 0. The van der Waals surface area contributed by atoms with Crippen molar-refractivity contribution in [2.75, 3.05) is 38.2 Å². The molecule has 1 rings (SSSR count). The Balaban J connectivity index is 2.23. The summed E-state index contributed by atoms with van der Waals surface area (Å²) < 4.78 is 22.1. The molecule has 114 valence electrons. The highest BCUT2D eigenvalue weighted by molar-refractivity contribution is 7.90. The van der Waals surface area contributed by atoms with Crippen LogP contribution in [0.15, 0.2) is 0 Å². The lowest BCUT2D eigenvalue weighted by Crippen LogP contribution is -2.45. The number of rotatable bonds is 8. The summed E-state index contributed by atoms with van der Waals surface area (Å²) in [5.74, 6) is 0.998. The standard InChI is InChI=1S/C14H30N2O2S/c1-4-9-16-10-5-7-14(12-16)13(2)15-8-6-11-19(3,17)18/h13-15H,4-12H2,1-3H3. The Morgan fingerprint density at radius 2 is 2.16 bits per heavy atom. The van der Waals surface area contributed by atoms with Crippen LogP contribution in [0.25, 0.3) is 0 Å². The molecule has 0 aromatic rings. The molecule has 2 atom stereocenters. The SMILES string of the molecule is CCCN1CCCC(C(C)NCCCS(C)(=O)=O)C1. The maximum absolute atomic E-state index is 11.1. The van der Waals surface area contributed by atoms with E-state index in [0.717, 1.165) is 6.54 Å². The van der Waals surface area contributed by atoms with Gasteiger partial charge in [-0.2, -0.15) is 0 Å². The number of hydrogen-bond acceptors (Lipinski definition) is 4. The molecule has 0 amide bonds. The normalized spacial score (nSPS) is 23.4. The lowest BCUT2D eigenvalue weighted by atomic mass is 9.91. The smallest absolute Gasteiger partial charge is 0.147 e. The first-order chi connectivity index (χ1) is 8.92. The van der Waals surface area contributed by atoms with E-state index in [1.54, 1.807) is 0 Å². The van der Waals surface area contributed by atoms with Gasteiger partial charge in [-0.05, 0) is 58.2 Å². The van der Waals surface area contributed by atoms with Crippen molar-refractivity contribution in [1.29, 1.82) is 0 Å². The summed E-state index contributed by atoms with van der Waals surface area (Å²) in [6.07, 6.45) is 5.83. The Bertz CT molecular complexity index is 341. The Kier molecular flexibility index (Phi) is 7.32. The van der Waals surface area contributed by atoms with Gasteiger partial charge < -0.3 is 10.2 Å². The third kappa shape index (κ3) is 7.28. The topological polar surface area (TPSA) is 49.4 Å². The van der Waals surface area contributed by atoms with Crippen LogP contribution < -0.4 is 5.32 Å². The van der Waals surface area contributed by atoms with Gasteiger partial charge in [0.25, 0.3) is 0 Å². The number of sulfone groups is 1. The van der Waals surface area contributed by atoms with Gasteiger partial charge in [0.2, 0.25) is 0 Å². The first-order valence-corrected chi connectivity index (χ1v) is 9.62. The molecule has 1 N–H and O–H groups in total. The second-order valence-corrected chi connectivity index (χ2v) is 8.19. The zero-order valence-corrected chi connectivity index (χ0v) is 13.5. The van der Waals surface area contributed by atoms with Gasteiger partial charge in [0, 0.05) is 18.8 Å². The van der Waals surface area contributed by atoms with Gasteiger partial charge in [0.05, 0.1) is 5.75 Å². The molecule has 2 unspecified atom stereocenters. The van der Waals surface area contributed by atoms with Gasteiger partial charge in [0.1, 0.15) is 9.84 Å². The zero-order chi connectivity index (χ0) is 14.3. The second-order valence-electron chi connectivity index (χ2n) is 5.93. The van der Waals surface area contributed by atoms with Crippen LogP contribution in [0.3, 0.4) is 0 Å². The van der Waals surface area contributed by atoms with Crippen LogP contribution in [0.1, 0.15) is 39.5 Å². The molecule has 0 aromatic carbocycles. The first-order valence-electron chi connectivity index (χ1n) is 7.56. The van der Waals surface area contributed by atoms with E-state index in [2.05, 4.69) is 24.1 Å². The fourth-order valence-electron chi connectivity index (χ4n) is 2.85. The predicted molar refractivity (Wildman–Crippen MR) is 81.2 cm³/mol. The van der Waals surface area contributed by atoms with Crippen molar-refractivity contribution in [3.63, 3.8) is 0 Å². The quantitative estimate of drug-likeness (QED) is 0.689. The van der Waals surface area contributed by atoms with E-state index in [-0.39, 0.29) is 0 Å². The molecule has 0 radical (unpaired) electrons. The summed E-state index contributed by atoms with van der Waals surface area (Å²) >= 11 is 0. The minimum atomic E-state index is -2.81. The molecule has 5 heteroatoms. The Labute approximate surface area is 118 Å². The van der Waals surface area contributed by atoms with Crippen molar-refractivity contribution in [2.24, 2.45) is 5.92 Å². The molecule has 1 aliphatic rings. The number of likely N-dealkylation sites (tertiary alicyclic amines) is 1. The predicted octanol–water partition coefficient (Wildman–Crippen LogP) is 1.52. The highest BCUT2D eigenvalue weighted by Crippen LogP contribution is 2.19. The van der Waals surface area contributed by atoms with Gasteiger partial charge in [-0.15, -0.1) is 0 Å². The van der Waals surface area contributed by atoms with Crippen LogP contribution in [-0.4, -0.2) is 57.5 Å². The highest BCUT2D eigenvalue weighted by Gasteiger charge is 2.23. The van der Waals surface area contributed by atoms with Gasteiger partial charge >= 0.3 is 0 Å². The second kappa shape index (κ2) is 8.22. The fourth-order valence-corrected chi connectivity index (χ4v) is 3.52. The monoisotopic (exact) mass is 290 g/mol. The number of hydrogen-bond donors (Lipinski definition) is 1. The lowest BCUT2D eigenvalue weighted by Gasteiger charge is -2.36. The van der Waals surface area contributed by atoms with E-state index >= 15 is 0 Å². The largest absolute Gasteiger partial charge is 0.314 e. The third-order valence-corrected chi connectivity index (χ3v) is 4.98. The molecule has 1 saturated heterocycles. The molecule has 0 spiro atoms. The molecule has 1 heterocycles. The van der Waals surface area contributed by atoms with Crippen molar-refractivity contribution in [3.8, 4) is 0 Å². The molecule has 0 aromatic heterocycles. The molecule has 19 heavy (non-hydrogen) atoms. The summed E-state index contributed by atoms with van der Waals surface area (Å²) in [6, 6.07) is 0.485. The van der Waals surface area contributed by atoms with E-state index < -0.39 is 9.84 Å². The molecular formula is C14H30N2O2S. The third-order valence-electron chi connectivity index (χ3n) is 3.95. The van der Waals surface area contributed by atoms with E-state index in [1.807, 2.05) is 0 Å². The molecule has 4 nitrogen and oxygen atoms in total. The molecule has 0 aliphatic carbocycles. The average molecular weight is 290 g/mol. The van der Waals surface area contributed by atoms with Crippen LogP contribution in [0.5, 0.6) is 0 Å². The van der Waals surface area contributed by atoms with Gasteiger partial charge in [0.15, 0.2) is 0 Å². The Morgan fingerprint density at radius 3 is 2.79 bits per heavy atom. The lowest BCUT2D eigenvalue weighted by molar-refractivity contribution is 0.151. The van der Waals surface area contributed by atoms with Crippen LogP contribution in [0, 0.1) is 5.92 Å². The van der Waals surface area contributed by atoms with Crippen molar-refractivity contribution >= 4 is 9.84 Å². The molecular weight excluding hydrogens is 260 g/mol. The van der Waals surface area contributed by atoms with Gasteiger partial charge in [-0.25, -0.2) is 8.42 Å². The van der Waals surface area contributed by atoms with E-state index in [4.69, 9.17) is 0 Å². The maximum atomic E-state index is 11.1. The first kappa shape index (κ1) is 16.9. The fraction of sp³-hybridized carbons (Fsp3) is 1.00. The van der Waals surface area contributed by atoms with Crippen LogP contribution in [-0.2, 0) is 9.84 Å². The average Bonchev–Trinajstić information content (AvgIpc) is 2.34. The van der Waals surface area contributed by atoms with Gasteiger partial charge in [-0.3, -0.25) is 0 Å². The molecule has 1 fully saturated rings. The van der Waals surface area contributed by atoms with E-state index in [1.165, 1.54) is 45.2 Å². The van der Waals surface area contributed by atoms with Crippen LogP contribution >= 0.6 is 0 Å². The number of piperidine rings is 1. The zero-order valence-electron chi connectivity index (χ0n) is 12.7. The van der Waals surface area contributed by atoms with Crippen molar-refractivity contribution in [2.45, 2.75) is 45.6 Å². The van der Waals surface area contributed by atoms with Crippen molar-refractivity contribution < 1.29 is 8.42 Å². The summed E-state index contributed by atoms with van der Waals surface area (Å²) in [7, 11) is -2.81. The summed E-state index contributed by atoms with van der Waals surface area (Å²) in [5, 5.41) is 3.50.